The lowest BCUT2D eigenvalue weighted by Gasteiger charge is -2.37. The van der Waals surface area contributed by atoms with Crippen LogP contribution in [0.5, 0.6) is 0 Å². The molecule has 2 heterocycles. The molecule has 10 aromatic rings. The molecule has 0 saturated carbocycles. The number of carbonyl (C=O) groups excluding carboxylic acids is 1. The summed E-state index contributed by atoms with van der Waals surface area (Å²) in [5.41, 5.74) is 18.4. The number of hydrogen-bond donors (Lipinski definition) is 1. The van der Waals surface area contributed by atoms with Gasteiger partial charge in [0.2, 0.25) is 0 Å². The van der Waals surface area contributed by atoms with Crippen molar-refractivity contribution in [1.29, 1.82) is 0 Å². The van der Waals surface area contributed by atoms with Crippen molar-refractivity contribution in [3.63, 3.8) is 0 Å². The number of rotatable bonds is 8. The average molecular weight is 862 g/mol. The lowest BCUT2D eigenvalue weighted by molar-refractivity contribution is 0.103. The van der Waals surface area contributed by atoms with Gasteiger partial charge < -0.3 is 4.98 Å². The summed E-state index contributed by atoms with van der Waals surface area (Å²) in [5.74, 6) is -0.0132. The molecule has 67 heavy (non-hydrogen) atoms. The molecule has 1 atom stereocenters. The van der Waals surface area contributed by atoms with E-state index in [0.717, 1.165) is 44.8 Å². The van der Waals surface area contributed by atoms with Crippen molar-refractivity contribution in [3.05, 3.63) is 286 Å². The number of pyridine rings is 1. The molecule has 2 aliphatic carbocycles. The number of aromatic nitrogens is 3. The Kier molecular flexibility index (Phi) is 9.30. The Labute approximate surface area is 391 Å². The molecule has 4 heteroatoms. The smallest absolute Gasteiger partial charge is 0.193 e. The molecule has 12 rings (SSSR count). The fourth-order valence-electron chi connectivity index (χ4n) is 11.4. The predicted octanol–water partition coefficient (Wildman–Crippen LogP) is 14.4. The van der Waals surface area contributed by atoms with Gasteiger partial charge >= 0.3 is 0 Å². The molecular weight excluding hydrogens is 815 g/mol. The van der Waals surface area contributed by atoms with Gasteiger partial charge in [-0.2, -0.15) is 0 Å². The van der Waals surface area contributed by atoms with Crippen molar-refractivity contribution in [2.45, 2.75) is 37.0 Å². The van der Waals surface area contributed by atoms with Gasteiger partial charge in [0.15, 0.2) is 5.78 Å². The van der Waals surface area contributed by atoms with Crippen LogP contribution in [-0.4, -0.2) is 20.7 Å². The highest BCUT2D eigenvalue weighted by Gasteiger charge is 2.51. The van der Waals surface area contributed by atoms with Gasteiger partial charge in [-0.15, -0.1) is 0 Å². The predicted molar refractivity (Wildman–Crippen MR) is 270 cm³/mol. The molecule has 2 aliphatic rings. The number of ketones is 1. The number of imidazole rings is 1. The molecule has 320 valence electrons. The SMILES string of the molecule is CC(C)(C)c1ccnc([C@]2(c3cccc(C4(c5cccc(C(=O)c6ccccc6-c6ccccc6)c5)c5ccccc5-c5ccccc54)c3)c3ccccc3-c3c(-c4cnc[nH]4)cccc32)c1. The minimum atomic E-state index is -0.809. The van der Waals surface area contributed by atoms with Crippen LogP contribution in [0, 0.1) is 0 Å². The lowest BCUT2D eigenvalue weighted by atomic mass is 9.64. The monoisotopic (exact) mass is 861 g/mol. The number of aromatic amines is 1. The van der Waals surface area contributed by atoms with Gasteiger partial charge in [-0.1, -0.05) is 209 Å². The summed E-state index contributed by atoms with van der Waals surface area (Å²) in [5, 5.41) is 0. The summed E-state index contributed by atoms with van der Waals surface area (Å²) in [6.45, 7) is 6.80. The van der Waals surface area contributed by atoms with Gasteiger partial charge in [-0.3, -0.25) is 9.78 Å². The first kappa shape index (κ1) is 40.3. The van der Waals surface area contributed by atoms with Gasteiger partial charge in [-0.25, -0.2) is 4.98 Å². The molecule has 1 N–H and O–H groups in total. The maximum Gasteiger partial charge on any atom is 0.193 e. The second-order valence-electron chi connectivity index (χ2n) is 18.9. The molecule has 4 nitrogen and oxygen atoms in total. The zero-order valence-corrected chi connectivity index (χ0v) is 37.7. The molecule has 0 fully saturated rings. The third-order valence-corrected chi connectivity index (χ3v) is 14.4. The van der Waals surface area contributed by atoms with E-state index < -0.39 is 10.8 Å². The van der Waals surface area contributed by atoms with E-state index in [4.69, 9.17) is 4.98 Å². The molecule has 0 aliphatic heterocycles. The van der Waals surface area contributed by atoms with Crippen LogP contribution in [0.15, 0.2) is 225 Å². The van der Waals surface area contributed by atoms with Gasteiger partial charge in [0.1, 0.15) is 0 Å². The first-order valence-corrected chi connectivity index (χ1v) is 23.1. The molecule has 0 bridgehead atoms. The zero-order valence-electron chi connectivity index (χ0n) is 37.7. The molecule has 2 aromatic heterocycles. The summed E-state index contributed by atoms with van der Waals surface area (Å²) in [7, 11) is 0. The quantitative estimate of drug-likeness (QED) is 0.155. The zero-order chi connectivity index (χ0) is 45.3. The summed E-state index contributed by atoms with van der Waals surface area (Å²) in [4.78, 5) is 28.3. The van der Waals surface area contributed by atoms with Crippen molar-refractivity contribution >= 4 is 5.78 Å². The van der Waals surface area contributed by atoms with Crippen LogP contribution in [0.1, 0.15) is 86.9 Å². The van der Waals surface area contributed by atoms with Crippen LogP contribution in [0.2, 0.25) is 0 Å². The second kappa shape index (κ2) is 15.5. The Morgan fingerprint density at radius 1 is 0.493 bits per heavy atom. The standard InChI is InChI=1S/C63H47N3O/c1-61(2,3)43-34-35-65-58(38-43)63(55-32-14-11-28-51(55)59-52(29-17-33-56(59)63)57-39-64-40-66-57)46-23-16-22-45(37-46)62(53-30-12-9-25-48(53)49-26-10-13-31-54(49)62)44-21-15-20-42(36-44)60(67)50-27-8-7-24-47(50)41-18-5-4-6-19-41/h4-40H,1-3H3,(H,64,66)/t63-/m1/s1. The number of nitrogens with one attached hydrogen (secondary N) is 1. The van der Waals surface area contributed by atoms with E-state index in [1.54, 1.807) is 6.33 Å². The van der Waals surface area contributed by atoms with Crippen molar-refractivity contribution in [3.8, 4) is 44.6 Å². The van der Waals surface area contributed by atoms with Crippen molar-refractivity contribution < 1.29 is 4.79 Å². The molecule has 0 saturated heterocycles. The third kappa shape index (κ3) is 6.02. The molecule has 8 aromatic carbocycles. The Hall–Kier alpha value is -8.21. The average Bonchev–Trinajstić information content (AvgIpc) is 4.11. The van der Waals surface area contributed by atoms with Crippen molar-refractivity contribution in [2.75, 3.05) is 0 Å². The van der Waals surface area contributed by atoms with E-state index in [1.165, 1.54) is 50.1 Å². The van der Waals surface area contributed by atoms with E-state index in [9.17, 15) is 4.79 Å². The summed E-state index contributed by atoms with van der Waals surface area (Å²) < 4.78 is 0. The highest BCUT2D eigenvalue weighted by Crippen LogP contribution is 2.60. The minimum absolute atomic E-state index is 0.0132. The number of benzene rings is 8. The fraction of sp³-hybridized carbons (Fsp3) is 0.0952. The molecule has 0 spiro atoms. The maximum absolute atomic E-state index is 15.0. The number of carbonyl (C=O) groups is 1. The molecular formula is C63H47N3O. The Balaban J connectivity index is 1.14. The van der Waals surface area contributed by atoms with Gasteiger partial charge in [0.05, 0.1) is 34.7 Å². The van der Waals surface area contributed by atoms with E-state index in [2.05, 4.69) is 188 Å². The van der Waals surface area contributed by atoms with Crippen LogP contribution < -0.4 is 0 Å². The molecule has 0 amide bonds. The van der Waals surface area contributed by atoms with E-state index >= 15 is 0 Å². The number of fused-ring (bicyclic) bond motifs is 6. The highest BCUT2D eigenvalue weighted by atomic mass is 16.1. The normalized spacial score (nSPS) is 15.3. The van der Waals surface area contributed by atoms with Crippen LogP contribution in [-0.2, 0) is 16.2 Å². The highest BCUT2D eigenvalue weighted by molar-refractivity contribution is 6.13. The molecule has 0 radical (unpaired) electrons. The summed E-state index contributed by atoms with van der Waals surface area (Å²) >= 11 is 0. The van der Waals surface area contributed by atoms with Gasteiger partial charge in [-0.05, 0) is 102 Å². The minimum Gasteiger partial charge on any atom is -0.345 e. The summed E-state index contributed by atoms with van der Waals surface area (Å²) in [6.07, 6.45) is 5.65. The van der Waals surface area contributed by atoms with Crippen LogP contribution in [0.4, 0.5) is 0 Å². The van der Waals surface area contributed by atoms with Crippen molar-refractivity contribution in [1.82, 2.24) is 15.0 Å². The van der Waals surface area contributed by atoms with Gasteiger partial charge in [0.25, 0.3) is 0 Å². The van der Waals surface area contributed by atoms with E-state index in [0.29, 0.717) is 11.1 Å². The van der Waals surface area contributed by atoms with Crippen LogP contribution >= 0.6 is 0 Å². The fourth-order valence-corrected chi connectivity index (χ4v) is 11.4. The Morgan fingerprint density at radius 2 is 1.04 bits per heavy atom. The third-order valence-electron chi connectivity index (χ3n) is 14.4. The summed E-state index contributed by atoms with van der Waals surface area (Å²) in [6, 6.07) is 73.4. The van der Waals surface area contributed by atoms with Crippen LogP contribution in [0.25, 0.3) is 44.6 Å². The van der Waals surface area contributed by atoms with Crippen molar-refractivity contribution in [2.24, 2.45) is 0 Å². The first-order valence-electron chi connectivity index (χ1n) is 23.1. The molecule has 0 unspecified atom stereocenters. The Bertz CT molecular complexity index is 3500. The second-order valence-corrected chi connectivity index (χ2v) is 18.9. The van der Waals surface area contributed by atoms with Crippen LogP contribution in [0.3, 0.4) is 0 Å². The van der Waals surface area contributed by atoms with E-state index in [-0.39, 0.29) is 11.2 Å². The topological polar surface area (TPSA) is 58.6 Å². The largest absolute Gasteiger partial charge is 0.345 e. The number of H-pyrrole nitrogens is 1. The number of hydrogen-bond acceptors (Lipinski definition) is 3. The Morgan fingerprint density at radius 3 is 1.73 bits per heavy atom. The number of nitrogens with zero attached hydrogens (tertiary/aromatic N) is 2. The lowest BCUT2D eigenvalue weighted by Crippen LogP contribution is -2.33. The first-order chi connectivity index (χ1) is 32.8. The van der Waals surface area contributed by atoms with E-state index in [1.807, 2.05) is 60.9 Å². The van der Waals surface area contributed by atoms with Gasteiger partial charge in [0, 0.05) is 22.9 Å². The maximum atomic E-state index is 15.0.